The van der Waals surface area contributed by atoms with E-state index in [1.807, 2.05) is 32.0 Å². The van der Waals surface area contributed by atoms with Gasteiger partial charge in [0.25, 0.3) is 5.91 Å². The molecule has 1 saturated heterocycles. The molecule has 0 spiro atoms. The summed E-state index contributed by atoms with van der Waals surface area (Å²) in [7, 11) is 2.00. The van der Waals surface area contributed by atoms with Gasteiger partial charge in [0.2, 0.25) is 0 Å². The monoisotopic (exact) mass is 545 g/mol. The molecule has 4 aromatic rings. The van der Waals surface area contributed by atoms with E-state index in [0.717, 1.165) is 46.7 Å². The van der Waals surface area contributed by atoms with Crippen LogP contribution in [-0.2, 0) is 12.7 Å². The SMILES string of the molecule is Cc1ccc(C(=O)Nc2ccc(CN3CCN(C)CC3)c(C(F)(F)F)c2)cc1C#Cc1cncc2[nH]cc(C)c12. The van der Waals surface area contributed by atoms with Gasteiger partial charge in [0.15, 0.2) is 0 Å². The number of aryl methyl sites for hydroxylation is 2. The van der Waals surface area contributed by atoms with Crippen LogP contribution in [0.25, 0.3) is 10.9 Å². The maximum atomic E-state index is 14.0. The molecule has 0 radical (unpaired) electrons. The van der Waals surface area contributed by atoms with Gasteiger partial charge in [-0.05, 0) is 61.9 Å². The number of piperazine rings is 1. The van der Waals surface area contributed by atoms with E-state index < -0.39 is 17.6 Å². The molecule has 1 fully saturated rings. The summed E-state index contributed by atoms with van der Waals surface area (Å²) in [5.41, 5.74) is 4.10. The highest BCUT2D eigenvalue weighted by atomic mass is 19.4. The van der Waals surface area contributed by atoms with Gasteiger partial charge in [-0.25, -0.2) is 0 Å². The number of H-pyrrole nitrogens is 1. The number of anilines is 1. The lowest BCUT2D eigenvalue weighted by Gasteiger charge is -2.33. The van der Waals surface area contributed by atoms with Crippen LogP contribution in [0.3, 0.4) is 0 Å². The van der Waals surface area contributed by atoms with Gasteiger partial charge in [-0.1, -0.05) is 24.0 Å². The second-order valence-electron chi connectivity index (χ2n) is 10.3. The van der Waals surface area contributed by atoms with Gasteiger partial charge in [0.05, 0.1) is 22.8 Å². The van der Waals surface area contributed by atoms with Crippen molar-refractivity contribution in [3.63, 3.8) is 0 Å². The lowest BCUT2D eigenvalue weighted by atomic mass is 10.0. The molecular formula is C31H30F3N5O. The minimum Gasteiger partial charge on any atom is -0.360 e. The Balaban J connectivity index is 1.36. The number of benzene rings is 2. The summed E-state index contributed by atoms with van der Waals surface area (Å²) in [4.78, 5) is 24.6. The van der Waals surface area contributed by atoms with Crippen molar-refractivity contribution in [2.45, 2.75) is 26.6 Å². The summed E-state index contributed by atoms with van der Waals surface area (Å²) in [5, 5.41) is 3.63. The van der Waals surface area contributed by atoms with Crippen molar-refractivity contribution in [2.75, 3.05) is 38.5 Å². The molecule has 0 saturated carbocycles. The average molecular weight is 546 g/mol. The topological polar surface area (TPSA) is 64.3 Å². The fraction of sp³-hybridized carbons (Fsp3) is 0.290. The Bertz CT molecular complexity index is 1620. The van der Waals surface area contributed by atoms with E-state index in [1.165, 1.54) is 12.1 Å². The molecule has 0 bridgehead atoms. The number of amides is 1. The fourth-order valence-electron chi connectivity index (χ4n) is 4.89. The molecule has 40 heavy (non-hydrogen) atoms. The van der Waals surface area contributed by atoms with Crippen molar-refractivity contribution < 1.29 is 18.0 Å². The lowest BCUT2D eigenvalue weighted by molar-refractivity contribution is -0.138. The van der Waals surface area contributed by atoms with Crippen LogP contribution in [0.1, 0.15) is 43.7 Å². The summed E-state index contributed by atoms with van der Waals surface area (Å²) >= 11 is 0. The Hall–Kier alpha value is -4.13. The van der Waals surface area contributed by atoms with Gasteiger partial charge < -0.3 is 15.2 Å². The van der Waals surface area contributed by atoms with Crippen LogP contribution in [0.5, 0.6) is 0 Å². The molecule has 5 rings (SSSR count). The molecule has 206 valence electrons. The molecule has 6 nitrogen and oxygen atoms in total. The van der Waals surface area contributed by atoms with E-state index >= 15 is 0 Å². The predicted molar refractivity (Wildman–Crippen MR) is 150 cm³/mol. The Labute approximate surface area is 231 Å². The molecule has 9 heteroatoms. The molecule has 1 amide bonds. The number of aromatic nitrogens is 2. The predicted octanol–water partition coefficient (Wildman–Crippen LogP) is 5.60. The Morgan fingerprint density at radius 3 is 2.50 bits per heavy atom. The first-order valence-electron chi connectivity index (χ1n) is 13.1. The molecular weight excluding hydrogens is 515 g/mol. The van der Waals surface area contributed by atoms with Crippen LogP contribution in [0.2, 0.25) is 0 Å². The van der Waals surface area contributed by atoms with Crippen molar-refractivity contribution in [1.82, 2.24) is 19.8 Å². The van der Waals surface area contributed by atoms with E-state index in [9.17, 15) is 18.0 Å². The number of nitrogens with zero attached hydrogens (tertiary/aromatic N) is 3. The highest BCUT2D eigenvalue weighted by Gasteiger charge is 2.34. The fourth-order valence-corrected chi connectivity index (χ4v) is 4.89. The number of hydrogen-bond donors (Lipinski definition) is 2. The third-order valence-electron chi connectivity index (χ3n) is 7.28. The number of halogens is 3. The van der Waals surface area contributed by atoms with Crippen LogP contribution in [0, 0.1) is 25.7 Å². The van der Waals surface area contributed by atoms with Gasteiger partial charge in [-0.15, -0.1) is 0 Å². The van der Waals surface area contributed by atoms with Crippen molar-refractivity contribution in [3.8, 4) is 11.8 Å². The maximum absolute atomic E-state index is 14.0. The number of pyridine rings is 1. The third kappa shape index (κ3) is 6.03. The summed E-state index contributed by atoms with van der Waals surface area (Å²) in [5.74, 6) is 5.79. The molecule has 2 aromatic carbocycles. The molecule has 0 atom stereocenters. The van der Waals surface area contributed by atoms with Crippen LogP contribution >= 0.6 is 0 Å². The van der Waals surface area contributed by atoms with Crippen LogP contribution in [0.4, 0.5) is 18.9 Å². The second-order valence-corrected chi connectivity index (χ2v) is 10.3. The van der Waals surface area contributed by atoms with Gasteiger partial charge in [0.1, 0.15) is 0 Å². The third-order valence-corrected chi connectivity index (χ3v) is 7.28. The smallest absolute Gasteiger partial charge is 0.360 e. The number of hydrogen-bond acceptors (Lipinski definition) is 4. The summed E-state index contributed by atoms with van der Waals surface area (Å²) < 4.78 is 41.9. The highest BCUT2D eigenvalue weighted by Crippen LogP contribution is 2.35. The van der Waals surface area contributed by atoms with E-state index in [2.05, 4.69) is 32.0 Å². The van der Waals surface area contributed by atoms with Crippen LogP contribution in [0.15, 0.2) is 55.0 Å². The van der Waals surface area contributed by atoms with Crippen molar-refractivity contribution in [3.05, 3.63) is 93.9 Å². The zero-order valence-electron chi connectivity index (χ0n) is 22.6. The zero-order chi connectivity index (χ0) is 28.4. The van der Waals surface area contributed by atoms with Crippen molar-refractivity contribution >= 4 is 22.5 Å². The van der Waals surface area contributed by atoms with Gasteiger partial charge in [-0.3, -0.25) is 14.7 Å². The molecule has 1 aliphatic rings. The number of carbonyl (C=O) groups excluding carboxylic acids is 1. The van der Waals surface area contributed by atoms with E-state index in [4.69, 9.17) is 0 Å². The van der Waals surface area contributed by atoms with Crippen molar-refractivity contribution in [1.29, 1.82) is 0 Å². The van der Waals surface area contributed by atoms with Crippen molar-refractivity contribution in [2.24, 2.45) is 0 Å². The molecule has 2 aromatic heterocycles. The zero-order valence-corrected chi connectivity index (χ0v) is 22.6. The van der Waals surface area contributed by atoms with E-state index in [1.54, 1.807) is 30.6 Å². The standard InChI is InChI=1S/C31H30F3N5O/c1-20-4-5-23(14-22(20)6-7-24-17-35-18-28-29(24)21(2)16-36-28)30(40)37-26-9-8-25(27(15-26)31(32,33)34)19-39-12-10-38(3)11-13-39/h4-5,8-9,14-18,36H,10-13,19H2,1-3H3,(H,37,40). The first kappa shape index (κ1) is 27.4. The van der Waals surface area contributed by atoms with E-state index in [-0.39, 0.29) is 17.8 Å². The number of nitrogens with one attached hydrogen (secondary N) is 2. The molecule has 3 heterocycles. The number of aromatic amines is 1. The molecule has 0 aliphatic carbocycles. The quantitative estimate of drug-likeness (QED) is 0.328. The number of alkyl halides is 3. The first-order valence-corrected chi connectivity index (χ1v) is 13.1. The molecule has 1 aliphatic heterocycles. The summed E-state index contributed by atoms with van der Waals surface area (Å²) in [6, 6.07) is 9.08. The molecule has 0 unspecified atom stereocenters. The minimum atomic E-state index is -4.54. The number of likely N-dealkylation sites (N-methyl/N-ethyl adjacent to an activating group) is 1. The maximum Gasteiger partial charge on any atom is 0.416 e. The number of fused-ring (bicyclic) bond motifs is 1. The van der Waals surface area contributed by atoms with Crippen LogP contribution < -0.4 is 5.32 Å². The molecule has 2 N–H and O–H groups in total. The first-order chi connectivity index (χ1) is 19.1. The normalized spacial score (nSPS) is 14.7. The highest BCUT2D eigenvalue weighted by molar-refractivity contribution is 6.04. The summed E-state index contributed by atoms with van der Waals surface area (Å²) in [6.07, 6.45) is 0.808. The number of rotatable bonds is 4. The van der Waals surface area contributed by atoms with Gasteiger partial charge in [0, 0.05) is 67.3 Å². The average Bonchev–Trinajstić information content (AvgIpc) is 3.31. The lowest BCUT2D eigenvalue weighted by Crippen LogP contribution is -2.44. The van der Waals surface area contributed by atoms with Gasteiger partial charge in [-0.2, -0.15) is 13.2 Å². The Kier molecular flexibility index (Phi) is 7.66. The summed E-state index contributed by atoms with van der Waals surface area (Å²) in [6.45, 7) is 7.14. The Morgan fingerprint density at radius 1 is 1.00 bits per heavy atom. The van der Waals surface area contributed by atoms with Crippen LogP contribution in [-0.4, -0.2) is 58.9 Å². The number of carbonyl (C=O) groups is 1. The second kappa shape index (κ2) is 11.2. The largest absolute Gasteiger partial charge is 0.416 e. The minimum absolute atomic E-state index is 0.0911. The Morgan fingerprint density at radius 2 is 1.75 bits per heavy atom. The van der Waals surface area contributed by atoms with E-state index in [0.29, 0.717) is 24.2 Å². The van der Waals surface area contributed by atoms with Gasteiger partial charge >= 0.3 is 6.18 Å².